The molecule has 5 nitrogen and oxygen atoms in total. The van der Waals surface area contributed by atoms with Crippen molar-refractivity contribution in [3.63, 3.8) is 0 Å². The summed E-state index contributed by atoms with van der Waals surface area (Å²) in [5.41, 5.74) is 0.385. The SMILES string of the molecule is COc1cccc(OC)c1C(=O)c1ccccc1[P+](=O)O. The Kier molecular flexibility index (Phi) is 4.68. The molecule has 2 aromatic carbocycles. The lowest BCUT2D eigenvalue weighted by atomic mass is 10.0. The van der Waals surface area contributed by atoms with Crippen LogP contribution >= 0.6 is 8.03 Å². The lowest BCUT2D eigenvalue weighted by Crippen LogP contribution is -2.15. The van der Waals surface area contributed by atoms with Crippen molar-refractivity contribution in [2.75, 3.05) is 14.2 Å². The maximum atomic E-state index is 12.7. The van der Waals surface area contributed by atoms with Crippen LogP contribution in [-0.2, 0) is 4.57 Å². The van der Waals surface area contributed by atoms with Crippen LogP contribution in [-0.4, -0.2) is 24.9 Å². The molecule has 0 bridgehead atoms. The molecular weight excluding hydrogens is 291 g/mol. The van der Waals surface area contributed by atoms with Crippen molar-refractivity contribution >= 4 is 19.1 Å². The van der Waals surface area contributed by atoms with E-state index in [-0.39, 0.29) is 16.4 Å². The van der Waals surface area contributed by atoms with E-state index >= 15 is 0 Å². The third kappa shape index (κ3) is 2.94. The van der Waals surface area contributed by atoms with Gasteiger partial charge in [-0.1, -0.05) is 18.2 Å². The van der Waals surface area contributed by atoms with E-state index in [2.05, 4.69) is 0 Å². The zero-order valence-corrected chi connectivity index (χ0v) is 12.5. The molecule has 0 fully saturated rings. The molecule has 0 saturated heterocycles. The Morgan fingerprint density at radius 2 is 1.57 bits per heavy atom. The predicted molar refractivity (Wildman–Crippen MR) is 78.9 cm³/mol. The van der Waals surface area contributed by atoms with Gasteiger partial charge < -0.3 is 9.47 Å². The first-order valence-corrected chi connectivity index (χ1v) is 7.32. The van der Waals surface area contributed by atoms with Crippen LogP contribution in [0.4, 0.5) is 0 Å². The zero-order valence-electron chi connectivity index (χ0n) is 11.6. The molecule has 0 spiro atoms. The molecule has 1 unspecified atom stereocenters. The predicted octanol–water partition coefficient (Wildman–Crippen LogP) is 2.29. The minimum atomic E-state index is -2.62. The molecule has 6 heteroatoms. The Labute approximate surface area is 123 Å². The summed E-state index contributed by atoms with van der Waals surface area (Å²) < 4.78 is 21.8. The number of hydrogen-bond acceptors (Lipinski definition) is 4. The van der Waals surface area contributed by atoms with Gasteiger partial charge in [-0.2, -0.15) is 4.89 Å². The molecule has 0 heterocycles. The average Bonchev–Trinajstić information content (AvgIpc) is 2.53. The molecule has 0 radical (unpaired) electrons. The summed E-state index contributed by atoms with van der Waals surface area (Å²) in [6.45, 7) is 0. The third-order valence-corrected chi connectivity index (χ3v) is 3.81. The van der Waals surface area contributed by atoms with Crippen molar-refractivity contribution in [2.24, 2.45) is 0 Å². The monoisotopic (exact) mass is 305 g/mol. The number of ether oxygens (including phenoxy) is 2. The molecule has 2 rings (SSSR count). The quantitative estimate of drug-likeness (QED) is 0.678. The summed E-state index contributed by atoms with van der Waals surface area (Å²) in [5, 5.41) is 0.0884. The van der Waals surface area contributed by atoms with Crippen LogP contribution < -0.4 is 14.8 Å². The molecule has 0 aliphatic carbocycles. The first-order valence-electron chi connectivity index (χ1n) is 6.11. The molecule has 0 saturated carbocycles. The van der Waals surface area contributed by atoms with Gasteiger partial charge in [-0.25, -0.2) is 0 Å². The second kappa shape index (κ2) is 6.48. The molecule has 2 aromatic rings. The Balaban J connectivity index is 2.63. The van der Waals surface area contributed by atoms with E-state index in [1.54, 1.807) is 30.3 Å². The van der Waals surface area contributed by atoms with Gasteiger partial charge in [0.25, 0.3) is 0 Å². The van der Waals surface area contributed by atoms with Gasteiger partial charge in [0, 0.05) is 0 Å². The molecule has 0 aromatic heterocycles. The Morgan fingerprint density at radius 3 is 2.10 bits per heavy atom. The molecule has 0 aliphatic heterocycles. The molecule has 1 N–H and O–H groups in total. The minimum absolute atomic E-state index is 0.0884. The number of ketones is 1. The number of rotatable bonds is 5. The van der Waals surface area contributed by atoms with Crippen LogP contribution in [0, 0.1) is 0 Å². The Morgan fingerprint density at radius 1 is 1.00 bits per heavy atom. The minimum Gasteiger partial charge on any atom is -0.496 e. The molecular formula is C15H14O5P+. The van der Waals surface area contributed by atoms with E-state index in [0.29, 0.717) is 11.5 Å². The van der Waals surface area contributed by atoms with Crippen LogP contribution in [0.15, 0.2) is 42.5 Å². The van der Waals surface area contributed by atoms with Gasteiger partial charge in [-0.05, 0) is 28.8 Å². The van der Waals surface area contributed by atoms with Gasteiger partial charge in [-0.15, -0.1) is 0 Å². The van der Waals surface area contributed by atoms with Gasteiger partial charge in [0.2, 0.25) is 11.1 Å². The van der Waals surface area contributed by atoms with Crippen LogP contribution in [0.2, 0.25) is 0 Å². The topological polar surface area (TPSA) is 72.8 Å². The summed E-state index contributed by atoms with van der Waals surface area (Å²) in [4.78, 5) is 22.1. The number of benzene rings is 2. The molecule has 1 atom stereocenters. The van der Waals surface area contributed by atoms with Crippen molar-refractivity contribution < 1.29 is 23.7 Å². The highest BCUT2D eigenvalue weighted by molar-refractivity contribution is 7.47. The summed E-state index contributed by atoms with van der Waals surface area (Å²) in [7, 11) is 0.277. The van der Waals surface area contributed by atoms with Crippen molar-refractivity contribution in [1.82, 2.24) is 0 Å². The second-order valence-electron chi connectivity index (χ2n) is 4.16. The number of carbonyl (C=O) groups excluding carboxylic acids is 1. The molecule has 21 heavy (non-hydrogen) atoms. The average molecular weight is 305 g/mol. The van der Waals surface area contributed by atoms with Crippen molar-refractivity contribution in [2.45, 2.75) is 0 Å². The van der Waals surface area contributed by atoms with Crippen molar-refractivity contribution in [1.29, 1.82) is 0 Å². The fraction of sp³-hybridized carbons (Fsp3) is 0.133. The van der Waals surface area contributed by atoms with Gasteiger partial charge in [0.1, 0.15) is 17.1 Å². The lowest BCUT2D eigenvalue weighted by Gasteiger charge is -2.11. The summed E-state index contributed by atoms with van der Waals surface area (Å²) in [5.74, 6) is 0.280. The largest absolute Gasteiger partial charge is 0.546 e. The molecule has 108 valence electrons. The smallest absolute Gasteiger partial charge is 0.496 e. The van der Waals surface area contributed by atoms with E-state index in [9.17, 15) is 14.3 Å². The van der Waals surface area contributed by atoms with Gasteiger partial charge >= 0.3 is 8.03 Å². The second-order valence-corrected chi connectivity index (χ2v) is 5.18. The number of methoxy groups -OCH3 is 2. The Bertz CT molecular complexity index is 674. The fourth-order valence-corrected chi connectivity index (χ4v) is 2.64. The lowest BCUT2D eigenvalue weighted by molar-refractivity contribution is 0.103. The van der Waals surface area contributed by atoms with Crippen molar-refractivity contribution in [3.8, 4) is 11.5 Å². The maximum absolute atomic E-state index is 12.7. The number of carbonyl (C=O) groups is 1. The highest BCUT2D eigenvalue weighted by Gasteiger charge is 2.29. The van der Waals surface area contributed by atoms with Crippen LogP contribution in [0.3, 0.4) is 0 Å². The van der Waals surface area contributed by atoms with Gasteiger partial charge in [0.05, 0.1) is 19.8 Å². The summed E-state index contributed by atoms with van der Waals surface area (Å²) in [6, 6.07) is 11.2. The highest BCUT2D eigenvalue weighted by atomic mass is 31.1. The van der Waals surface area contributed by atoms with Crippen LogP contribution in [0.1, 0.15) is 15.9 Å². The Hall–Kier alpha value is -2.23. The maximum Gasteiger partial charge on any atom is 0.546 e. The summed E-state index contributed by atoms with van der Waals surface area (Å²) in [6.07, 6.45) is 0. The highest BCUT2D eigenvalue weighted by Crippen LogP contribution is 2.31. The van der Waals surface area contributed by atoms with E-state index < -0.39 is 13.8 Å². The van der Waals surface area contributed by atoms with E-state index in [1.807, 2.05) is 0 Å². The number of hydrogen-bond donors (Lipinski definition) is 1. The zero-order chi connectivity index (χ0) is 15.4. The fourth-order valence-electron chi connectivity index (χ4n) is 2.04. The van der Waals surface area contributed by atoms with Crippen LogP contribution in [0.25, 0.3) is 0 Å². The standard InChI is InChI=1S/C15H13O5P/c1-19-11-7-5-8-12(20-2)14(11)15(16)10-6-3-4-9-13(10)21(17)18/h3-9H,1-2H3/p+1. The van der Waals surface area contributed by atoms with Crippen molar-refractivity contribution in [3.05, 3.63) is 53.6 Å². The molecule has 0 aliphatic rings. The van der Waals surface area contributed by atoms with Gasteiger partial charge in [0.15, 0.2) is 0 Å². The third-order valence-electron chi connectivity index (χ3n) is 3.01. The normalized spacial score (nSPS) is 10.9. The first kappa shape index (κ1) is 15.2. The summed E-state index contributed by atoms with van der Waals surface area (Å²) >= 11 is 0. The first-order chi connectivity index (χ1) is 10.1. The molecule has 0 amide bonds. The van der Waals surface area contributed by atoms with E-state index in [0.717, 1.165) is 0 Å². The van der Waals surface area contributed by atoms with Crippen LogP contribution in [0.5, 0.6) is 11.5 Å². The van der Waals surface area contributed by atoms with E-state index in [4.69, 9.17) is 9.47 Å². The van der Waals surface area contributed by atoms with E-state index in [1.165, 1.54) is 26.4 Å². The van der Waals surface area contributed by atoms with Gasteiger partial charge in [-0.3, -0.25) is 4.79 Å².